The summed E-state index contributed by atoms with van der Waals surface area (Å²) in [5.41, 5.74) is 0. The van der Waals surface area contributed by atoms with Gasteiger partial charge in [0.05, 0.1) is 27.7 Å². The van der Waals surface area contributed by atoms with Crippen LogP contribution < -0.4 is 0 Å². The average molecular weight is 1220 g/mol. The quantitative estimate of drug-likeness (QED) is 0.0211. The number of phosphoric acid groups is 1. The van der Waals surface area contributed by atoms with Crippen LogP contribution in [0.25, 0.3) is 0 Å². The van der Waals surface area contributed by atoms with Crippen molar-refractivity contribution >= 4 is 19.8 Å². The van der Waals surface area contributed by atoms with Gasteiger partial charge in [0.2, 0.25) is 0 Å². The van der Waals surface area contributed by atoms with Crippen LogP contribution in [0.3, 0.4) is 0 Å². The molecule has 494 valence electrons. The summed E-state index contributed by atoms with van der Waals surface area (Å²) in [4.78, 5) is 35.8. The molecule has 0 saturated carbocycles. The number of hydrogen-bond acceptors (Lipinski definition) is 7. The molecule has 0 aliphatic rings. The SMILES string of the molecule is CC/C=C\C/C=C\C/C=C\C/C=C\C/C=C\C/C=C\C/C=C\CCCC(=O)OC(COC(=O)CCCCCCCCCCCCCCCCCCCCCCCCCC/C=C\C/C=C\C/C=C\CCCCCCC)COP(=O)(O)OCC[N+](C)(C)C. The summed E-state index contributed by atoms with van der Waals surface area (Å²) < 4.78 is 34.6. The molecule has 0 aliphatic heterocycles. The van der Waals surface area contributed by atoms with Gasteiger partial charge in [-0.3, -0.25) is 18.6 Å². The number of carbonyl (C=O) groups excluding carboxylic acids is 2. The first-order chi connectivity index (χ1) is 42.0. The molecule has 10 heteroatoms. The standard InChI is InChI=1S/C76H132NO8P/c1-6-8-10-12-14-16-18-20-22-24-26-28-30-31-32-33-34-35-36-37-38-39-40-41-42-43-44-45-47-48-50-52-54-56-58-60-62-64-66-68-75(78)82-72-74(73-84-86(80,81)83-71-70-77(3,4)5)85-76(79)69-67-65-63-61-59-57-55-53-51-49-46-29-27-25-23-21-19-17-15-13-11-9-7-2/h9,11,15,17-18,20-21,23-24,26-27,29-31,49,51,55,57,61,63,74H,6-8,10,12-14,16,19,22,25,28,32-48,50,52-54,56,58-60,62,64-73H2,1-5H3/p+1/b11-9-,17-15-,20-18-,23-21-,26-24-,29-27-,31-30-,51-49-,57-55-,63-61-. The maximum Gasteiger partial charge on any atom is 0.472 e. The highest BCUT2D eigenvalue weighted by atomic mass is 31.2. The third-order valence-corrected chi connectivity index (χ3v) is 16.0. The number of carbonyl (C=O) groups is 2. The molecule has 0 rings (SSSR count). The van der Waals surface area contributed by atoms with E-state index >= 15 is 0 Å². The fourth-order valence-corrected chi connectivity index (χ4v) is 10.3. The van der Waals surface area contributed by atoms with E-state index in [0.717, 1.165) is 77.0 Å². The zero-order valence-electron chi connectivity index (χ0n) is 56.3. The number of allylic oxidation sites excluding steroid dienone is 20. The van der Waals surface area contributed by atoms with Crippen molar-refractivity contribution in [1.29, 1.82) is 0 Å². The number of hydrogen-bond donors (Lipinski definition) is 1. The van der Waals surface area contributed by atoms with Gasteiger partial charge < -0.3 is 18.9 Å². The minimum atomic E-state index is -4.41. The lowest BCUT2D eigenvalue weighted by atomic mass is 10.0. The summed E-state index contributed by atoms with van der Waals surface area (Å²) in [6.07, 6.45) is 94.8. The van der Waals surface area contributed by atoms with Crippen LogP contribution in [0, 0.1) is 0 Å². The van der Waals surface area contributed by atoms with E-state index in [4.69, 9.17) is 18.5 Å². The molecule has 86 heavy (non-hydrogen) atoms. The number of quaternary nitrogens is 1. The fourth-order valence-electron chi connectivity index (χ4n) is 9.60. The lowest BCUT2D eigenvalue weighted by Crippen LogP contribution is -2.37. The van der Waals surface area contributed by atoms with Crippen molar-refractivity contribution in [2.75, 3.05) is 47.5 Å². The zero-order valence-corrected chi connectivity index (χ0v) is 57.2. The van der Waals surface area contributed by atoms with E-state index in [1.165, 1.54) is 180 Å². The van der Waals surface area contributed by atoms with Gasteiger partial charge in [0.15, 0.2) is 6.10 Å². The van der Waals surface area contributed by atoms with Gasteiger partial charge in [-0.15, -0.1) is 0 Å². The molecular formula is C76H133NO8P+. The lowest BCUT2D eigenvalue weighted by Gasteiger charge is -2.24. The van der Waals surface area contributed by atoms with Crippen molar-refractivity contribution < 1.29 is 42.1 Å². The van der Waals surface area contributed by atoms with E-state index in [1.807, 2.05) is 21.1 Å². The predicted molar refractivity (Wildman–Crippen MR) is 371 cm³/mol. The topological polar surface area (TPSA) is 108 Å². The molecule has 0 bridgehead atoms. The third-order valence-electron chi connectivity index (χ3n) is 15.0. The Labute approximate surface area is 530 Å². The van der Waals surface area contributed by atoms with E-state index in [1.54, 1.807) is 0 Å². The predicted octanol–water partition coefficient (Wildman–Crippen LogP) is 23.0. The molecule has 0 aromatic carbocycles. The minimum Gasteiger partial charge on any atom is -0.462 e. The van der Waals surface area contributed by atoms with Crippen LogP contribution in [0.1, 0.15) is 296 Å². The van der Waals surface area contributed by atoms with Crippen LogP contribution in [-0.2, 0) is 32.7 Å². The third kappa shape index (κ3) is 69.5. The lowest BCUT2D eigenvalue weighted by molar-refractivity contribution is -0.870. The molecule has 0 amide bonds. The van der Waals surface area contributed by atoms with E-state index < -0.39 is 26.5 Å². The second kappa shape index (κ2) is 65.8. The molecule has 0 spiro atoms. The molecule has 0 radical (unpaired) electrons. The Kier molecular flexibility index (Phi) is 63.1. The van der Waals surface area contributed by atoms with Gasteiger partial charge in [-0.05, 0) is 103 Å². The summed E-state index contributed by atoms with van der Waals surface area (Å²) in [7, 11) is 1.43. The molecule has 2 atom stereocenters. The van der Waals surface area contributed by atoms with Gasteiger partial charge >= 0.3 is 19.8 Å². The van der Waals surface area contributed by atoms with Gasteiger partial charge in [0, 0.05) is 12.8 Å². The van der Waals surface area contributed by atoms with Crippen molar-refractivity contribution in [2.45, 2.75) is 302 Å². The first-order valence-corrected chi connectivity index (χ1v) is 36.8. The Morgan fingerprint density at radius 2 is 0.674 bits per heavy atom. The highest BCUT2D eigenvalue weighted by molar-refractivity contribution is 7.47. The maximum absolute atomic E-state index is 12.8. The van der Waals surface area contributed by atoms with E-state index in [2.05, 4.69) is 135 Å². The van der Waals surface area contributed by atoms with Crippen molar-refractivity contribution in [1.82, 2.24) is 0 Å². The molecule has 0 saturated heterocycles. The molecule has 0 aliphatic carbocycles. The Bertz CT molecular complexity index is 1870. The van der Waals surface area contributed by atoms with Gasteiger partial charge in [0.25, 0.3) is 0 Å². The van der Waals surface area contributed by atoms with Crippen molar-refractivity contribution in [3.8, 4) is 0 Å². The summed E-state index contributed by atoms with van der Waals surface area (Å²) in [6.45, 7) is 4.25. The van der Waals surface area contributed by atoms with Crippen LogP contribution in [0.2, 0.25) is 0 Å². The Hall–Kier alpha value is -3.59. The smallest absolute Gasteiger partial charge is 0.462 e. The van der Waals surface area contributed by atoms with E-state index in [0.29, 0.717) is 23.9 Å². The molecule has 1 N–H and O–H groups in total. The van der Waals surface area contributed by atoms with Crippen LogP contribution in [0.15, 0.2) is 122 Å². The van der Waals surface area contributed by atoms with Crippen LogP contribution in [0.4, 0.5) is 0 Å². The van der Waals surface area contributed by atoms with Gasteiger partial charge in [0.1, 0.15) is 19.8 Å². The van der Waals surface area contributed by atoms with Crippen molar-refractivity contribution in [2.24, 2.45) is 0 Å². The normalized spacial score (nSPS) is 13.9. The zero-order chi connectivity index (χ0) is 62.6. The number of rotatable bonds is 64. The van der Waals surface area contributed by atoms with Crippen LogP contribution in [0.5, 0.6) is 0 Å². The molecule has 0 aromatic heterocycles. The largest absolute Gasteiger partial charge is 0.472 e. The Balaban J connectivity index is 4.03. The van der Waals surface area contributed by atoms with Crippen molar-refractivity contribution in [3.05, 3.63) is 122 Å². The fraction of sp³-hybridized carbons (Fsp3) is 0.711. The van der Waals surface area contributed by atoms with Crippen LogP contribution >= 0.6 is 7.82 Å². The first-order valence-electron chi connectivity index (χ1n) is 35.3. The monoisotopic (exact) mass is 1220 g/mol. The second-order valence-electron chi connectivity index (χ2n) is 24.5. The number of ether oxygens (including phenoxy) is 2. The van der Waals surface area contributed by atoms with Gasteiger partial charge in [-0.2, -0.15) is 0 Å². The number of nitrogens with zero attached hydrogens (tertiary/aromatic N) is 1. The van der Waals surface area contributed by atoms with Crippen molar-refractivity contribution in [3.63, 3.8) is 0 Å². The number of phosphoric ester groups is 1. The van der Waals surface area contributed by atoms with Crippen LogP contribution in [-0.4, -0.2) is 74.9 Å². The number of esters is 2. The van der Waals surface area contributed by atoms with E-state index in [9.17, 15) is 19.0 Å². The average Bonchev–Trinajstić information content (AvgIpc) is 3.56. The number of likely N-dealkylation sites (N-methyl/N-ethyl adjacent to an activating group) is 1. The highest BCUT2D eigenvalue weighted by Gasteiger charge is 2.27. The second-order valence-corrected chi connectivity index (χ2v) is 26.0. The molecular weight excluding hydrogens is 1090 g/mol. The summed E-state index contributed by atoms with van der Waals surface area (Å²) in [5.74, 6) is -0.865. The Morgan fingerprint density at radius 3 is 1.02 bits per heavy atom. The summed E-state index contributed by atoms with van der Waals surface area (Å²) in [5, 5.41) is 0. The van der Waals surface area contributed by atoms with Gasteiger partial charge in [-0.25, -0.2) is 4.57 Å². The minimum absolute atomic E-state index is 0.0160. The first kappa shape index (κ1) is 82.4. The van der Waals surface area contributed by atoms with Gasteiger partial charge in [-0.1, -0.05) is 302 Å². The number of unbranched alkanes of at least 4 members (excludes halogenated alkanes) is 30. The summed E-state index contributed by atoms with van der Waals surface area (Å²) >= 11 is 0. The molecule has 2 unspecified atom stereocenters. The molecule has 0 fully saturated rings. The molecule has 9 nitrogen and oxygen atoms in total. The van der Waals surface area contributed by atoms with E-state index in [-0.39, 0.29) is 32.0 Å². The molecule has 0 aromatic rings. The molecule has 0 heterocycles. The summed E-state index contributed by atoms with van der Waals surface area (Å²) in [6, 6.07) is 0. The highest BCUT2D eigenvalue weighted by Crippen LogP contribution is 2.43. The Morgan fingerprint density at radius 1 is 0.372 bits per heavy atom. The maximum atomic E-state index is 12.8.